The third kappa shape index (κ3) is 2.21. The smallest absolute Gasteiger partial charge is 0.247 e. The van der Waals surface area contributed by atoms with Gasteiger partial charge in [0.05, 0.1) is 0 Å². The van der Waals surface area contributed by atoms with E-state index in [2.05, 4.69) is 9.97 Å². The average molecular weight is 293 g/mol. The van der Waals surface area contributed by atoms with Crippen LogP contribution in [0.4, 0.5) is 0 Å². The van der Waals surface area contributed by atoms with E-state index in [9.17, 15) is 0 Å². The zero-order valence-electron chi connectivity index (χ0n) is 8.96. The van der Waals surface area contributed by atoms with Crippen molar-refractivity contribution < 1.29 is 23.9 Å². The molecule has 17 heavy (non-hydrogen) atoms. The van der Waals surface area contributed by atoms with Crippen molar-refractivity contribution in [1.29, 1.82) is 0 Å². The first-order chi connectivity index (χ1) is 7.84. The summed E-state index contributed by atoms with van der Waals surface area (Å²) in [5.41, 5.74) is 2.11. The first kappa shape index (κ1) is 12.1. The summed E-state index contributed by atoms with van der Waals surface area (Å²) in [7, 11) is 0. The Morgan fingerprint density at radius 1 is 1.06 bits per heavy atom. The summed E-state index contributed by atoms with van der Waals surface area (Å²) in [6, 6.07) is 11.2. The number of oxazole rings is 1. The van der Waals surface area contributed by atoms with Gasteiger partial charge in [0.15, 0.2) is 0 Å². The van der Waals surface area contributed by atoms with Crippen molar-refractivity contribution in [2.45, 2.75) is 4.90 Å². The van der Waals surface area contributed by atoms with E-state index in [1.54, 1.807) is 6.20 Å². The quantitative estimate of drug-likeness (QED) is 0.511. The van der Waals surface area contributed by atoms with Gasteiger partial charge in [-0.05, 0) is 12.1 Å². The molecule has 0 bridgehead atoms. The van der Waals surface area contributed by atoms with E-state index in [-0.39, 0.29) is 19.5 Å². The summed E-state index contributed by atoms with van der Waals surface area (Å²) in [4.78, 5) is 9.17. The molecule has 0 saturated carbocycles. The topological polar surface area (TPSA) is 38.9 Å². The molecule has 0 fully saturated rings. The van der Waals surface area contributed by atoms with E-state index >= 15 is 0 Å². The van der Waals surface area contributed by atoms with Crippen molar-refractivity contribution in [3.63, 3.8) is 0 Å². The molecule has 3 aromatic rings. The third-order valence-electron chi connectivity index (χ3n) is 2.28. The van der Waals surface area contributed by atoms with Crippen LogP contribution < -0.4 is 0 Å². The number of hydrogen-bond acceptors (Lipinski definition) is 4. The Balaban J connectivity index is 0.00000108. The maximum absolute atomic E-state index is 5.55. The van der Waals surface area contributed by atoms with Crippen LogP contribution in [0.3, 0.4) is 0 Å². The fourth-order valence-electron chi connectivity index (χ4n) is 1.53. The van der Waals surface area contributed by atoms with E-state index in [1.807, 2.05) is 36.4 Å². The first-order valence-corrected chi connectivity index (χ1v) is 5.23. The maximum Gasteiger partial charge on any atom is 0.247 e. The van der Waals surface area contributed by atoms with Crippen LogP contribution in [-0.4, -0.2) is 9.97 Å². The molecule has 0 spiro atoms. The van der Waals surface area contributed by atoms with Gasteiger partial charge in [-0.3, -0.25) is 0 Å². The van der Waals surface area contributed by atoms with E-state index in [4.69, 9.17) is 17.0 Å². The molecule has 0 saturated heterocycles. The molecule has 3 rings (SSSR count). The molecule has 0 aliphatic carbocycles. The van der Waals surface area contributed by atoms with Gasteiger partial charge in [-0.15, -0.1) is 0 Å². The maximum atomic E-state index is 5.55. The predicted molar refractivity (Wildman–Crippen MR) is 62.9 cm³/mol. The Hall–Kier alpha value is -1.32. The van der Waals surface area contributed by atoms with Crippen LogP contribution >= 0.6 is 0 Å². The summed E-state index contributed by atoms with van der Waals surface area (Å²) in [6.45, 7) is 0. The van der Waals surface area contributed by atoms with E-state index in [0.717, 1.165) is 16.0 Å². The zero-order valence-corrected chi connectivity index (χ0v) is 12.7. The minimum Gasteiger partial charge on any atom is -0.779 e. The minimum absolute atomic E-state index is 0. The molecule has 0 atom stereocenters. The van der Waals surface area contributed by atoms with Gasteiger partial charge >= 0.3 is 0 Å². The van der Waals surface area contributed by atoms with Crippen LogP contribution in [0.1, 0.15) is 0 Å². The van der Waals surface area contributed by atoms with Gasteiger partial charge < -0.3 is 17.0 Å². The normalized spacial score (nSPS) is 10.1. The molecule has 5 heteroatoms. The largest absolute Gasteiger partial charge is 0.779 e. The summed E-state index contributed by atoms with van der Waals surface area (Å²) >= 11 is 5.22. The van der Waals surface area contributed by atoms with Crippen LogP contribution in [0.25, 0.3) is 22.7 Å². The van der Waals surface area contributed by atoms with Gasteiger partial charge in [0.2, 0.25) is 11.6 Å². The number of hydrogen-bond donors (Lipinski definition) is 0. The molecule has 3 nitrogen and oxygen atoms in total. The Morgan fingerprint density at radius 3 is 2.65 bits per heavy atom. The molecule has 1 aromatic carbocycles. The van der Waals surface area contributed by atoms with E-state index in [1.165, 1.54) is 0 Å². The predicted octanol–water partition coefficient (Wildman–Crippen LogP) is 2.79. The summed E-state index contributed by atoms with van der Waals surface area (Å²) in [5, 5.41) is 0. The van der Waals surface area contributed by atoms with Crippen molar-refractivity contribution in [3.05, 3.63) is 42.6 Å². The molecule has 2 heterocycles. The van der Waals surface area contributed by atoms with Crippen molar-refractivity contribution in [1.82, 2.24) is 9.97 Å². The van der Waals surface area contributed by atoms with Crippen LogP contribution in [0.15, 0.2) is 51.9 Å². The number of nitrogens with zero attached hydrogens (tertiary/aromatic N) is 2. The fourth-order valence-corrected chi connectivity index (χ4v) is 1.76. The van der Waals surface area contributed by atoms with Gasteiger partial charge in [0.25, 0.3) is 0 Å². The number of pyridine rings is 1. The second-order valence-corrected chi connectivity index (χ2v) is 3.78. The molecule has 0 unspecified atom stereocenters. The van der Waals surface area contributed by atoms with Gasteiger partial charge in [0, 0.05) is 31.2 Å². The Bertz CT molecular complexity index is 621. The van der Waals surface area contributed by atoms with Gasteiger partial charge in [0.1, 0.15) is 5.52 Å². The Labute approximate surface area is 116 Å². The monoisotopic (exact) mass is 291 g/mol. The SMILES string of the molecule is [S-]c1ccccc1-c1nc2cccnc2o1.[Zn]. The second-order valence-electron chi connectivity index (χ2n) is 3.34. The number of aromatic nitrogens is 2. The summed E-state index contributed by atoms with van der Waals surface area (Å²) < 4.78 is 5.55. The molecule has 0 aliphatic heterocycles. The Morgan fingerprint density at radius 2 is 1.88 bits per heavy atom. The molecule has 80 valence electrons. The van der Waals surface area contributed by atoms with Gasteiger partial charge in [-0.2, -0.15) is 4.90 Å². The van der Waals surface area contributed by atoms with Crippen molar-refractivity contribution in [2.24, 2.45) is 0 Å². The van der Waals surface area contributed by atoms with Crippen LogP contribution in [-0.2, 0) is 32.1 Å². The minimum atomic E-state index is 0. The molecule has 0 amide bonds. The molecule has 0 aliphatic rings. The number of fused-ring (bicyclic) bond motifs is 1. The zero-order chi connectivity index (χ0) is 11.0. The molecular weight excluding hydrogens is 286 g/mol. The van der Waals surface area contributed by atoms with Gasteiger partial charge in [-0.25, -0.2) is 9.97 Å². The number of benzene rings is 1. The van der Waals surface area contributed by atoms with E-state index < -0.39 is 0 Å². The van der Waals surface area contributed by atoms with Crippen molar-refractivity contribution >= 4 is 23.9 Å². The number of rotatable bonds is 1. The van der Waals surface area contributed by atoms with Crippen LogP contribution in [0, 0.1) is 0 Å². The average Bonchev–Trinajstić information content (AvgIpc) is 2.73. The van der Waals surface area contributed by atoms with Crippen LogP contribution in [0.5, 0.6) is 0 Å². The molecule has 0 N–H and O–H groups in total. The molecule has 0 radical (unpaired) electrons. The standard InChI is InChI=1S/C12H8N2OS.Zn/c16-10-6-2-1-4-8(10)11-14-9-5-3-7-13-12(9)15-11;/h1-7,16H;/p-1. The van der Waals surface area contributed by atoms with Crippen molar-refractivity contribution in [2.75, 3.05) is 0 Å². The van der Waals surface area contributed by atoms with Crippen LogP contribution in [0.2, 0.25) is 0 Å². The fraction of sp³-hybridized carbons (Fsp3) is 0. The Kier molecular flexibility index (Phi) is 3.50. The van der Waals surface area contributed by atoms with Crippen molar-refractivity contribution in [3.8, 4) is 11.5 Å². The molecule has 2 aromatic heterocycles. The second kappa shape index (κ2) is 4.90. The molecular formula is C12H7N2OSZn-. The third-order valence-corrected chi connectivity index (χ3v) is 2.64. The van der Waals surface area contributed by atoms with E-state index in [0.29, 0.717) is 11.6 Å². The summed E-state index contributed by atoms with van der Waals surface area (Å²) in [5.74, 6) is 0.527. The summed E-state index contributed by atoms with van der Waals surface area (Å²) in [6.07, 6.45) is 1.68. The first-order valence-electron chi connectivity index (χ1n) is 4.82. The van der Waals surface area contributed by atoms with Gasteiger partial charge in [-0.1, -0.05) is 24.3 Å².